The Morgan fingerprint density at radius 3 is 2.77 bits per heavy atom. The van der Waals surface area contributed by atoms with Crippen molar-refractivity contribution < 1.29 is 13.6 Å². The summed E-state index contributed by atoms with van der Waals surface area (Å²) in [5.41, 5.74) is 0.644. The normalized spacial score (nSPS) is 12.1. The molecule has 112 valence electrons. The number of thiazole rings is 1. The highest BCUT2D eigenvalue weighted by Crippen LogP contribution is 2.21. The van der Waals surface area contributed by atoms with E-state index < -0.39 is 17.5 Å². The van der Waals surface area contributed by atoms with Gasteiger partial charge in [-0.2, -0.15) is 4.99 Å². The first kappa shape index (κ1) is 15.1. The Labute approximate surface area is 136 Å². The van der Waals surface area contributed by atoms with Crippen molar-refractivity contribution in [2.75, 3.05) is 0 Å². The zero-order valence-corrected chi connectivity index (χ0v) is 13.7. The van der Waals surface area contributed by atoms with E-state index >= 15 is 0 Å². The summed E-state index contributed by atoms with van der Waals surface area (Å²) < 4.78 is 29.7. The molecule has 3 rings (SSSR count). The molecule has 0 saturated heterocycles. The second-order valence-corrected chi connectivity index (χ2v) is 6.53. The number of halogens is 3. The molecule has 22 heavy (non-hydrogen) atoms. The lowest BCUT2D eigenvalue weighted by Crippen LogP contribution is -2.13. The Balaban J connectivity index is 2.16. The van der Waals surface area contributed by atoms with Crippen molar-refractivity contribution in [3.05, 3.63) is 62.9 Å². The third kappa shape index (κ3) is 2.74. The van der Waals surface area contributed by atoms with Gasteiger partial charge in [0.15, 0.2) is 10.6 Å². The molecule has 0 unspecified atom stereocenters. The van der Waals surface area contributed by atoms with Crippen LogP contribution >= 0.6 is 27.3 Å². The van der Waals surface area contributed by atoms with Crippen LogP contribution in [0.4, 0.5) is 8.78 Å². The molecule has 0 radical (unpaired) electrons. The summed E-state index contributed by atoms with van der Waals surface area (Å²) >= 11 is 4.35. The summed E-state index contributed by atoms with van der Waals surface area (Å²) in [5, 5.41) is 0. The molecular formula is C15H9BrF2N2OS. The largest absolute Gasteiger partial charge is 0.317 e. The number of aryl methyl sites for hydroxylation is 1. The van der Waals surface area contributed by atoms with E-state index in [1.165, 1.54) is 10.6 Å². The lowest BCUT2D eigenvalue weighted by molar-refractivity contribution is 0.0998. The van der Waals surface area contributed by atoms with Crippen LogP contribution in [0, 0.1) is 11.6 Å². The van der Waals surface area contributed by atoms with E-state index in [9.17, 15) is 13.6 Å². The first-order valence-corrected chi connectivity index (χ1v) is 7.86. The van der Waals surface area contributed by atoms with Gasteiger partial charge < -0.3 is 4.57 Å². The number of amides is 1. The molecule has 0 aliphatic heterocycles. The molecule has 3 nitrogen and oxygen atoms in total. The van der Waals surface area contributed by atoms with Crippen molar-refractivity contribution in [3.8, 4) is 0 Å². The highest BCUT2D eigenvalue weighted by atomic mass is 79.9. The van der Waals surface area contributed by atoms with Gasteiger partial charge in [0.05, 0.1) is 10.2 Å². The number of benzene rings is 2. The summed E-state index contributed by atoms with van der Waals surface area (Å²) in [6.45, 7) is 0. The molecule has 0 fully saturated rings. The highest BCUT2D eigenvalue weighted by molar-refractivity contribution is 9.10. The average Bonchev–Trinajstić information content (AvgIpc) is 2.75. The Kier molecular flexibility index (Phi) is 3.92. The molecule has 7 heteroatoms. The molecule has 1 amide bonds. The molecular weight excluding hydrogens is 374 g/mol. The maximum absolute atomic E-state index is 13.8. The second-order valence-electron chi connectivity index (χ2n) is 4.61. The van der Waals surface area contributed by atoms with E-state index in [0.717, 1.165) is 21.9 Å². The maximum atomic E-state index is 13.8. The standard InChI is InChI=1S/C15H9BrF2N2OS/c1-20-13-11(18)6-10(17)7-12(13)22-15(20)19-14(21)8-3-2-4-9(16)5-8/h2-7H,1H3. The SMILES string of the molecule is Cn1c(=NC(=O)c2cccc(Br)c2)sc2cc(F)cc(F)c21. The lowest BCUT2D eigenvalue weighted by Gasteiger charge is -1.98. The predicted molar refractivity (Wildman–Crippen MR) is 84.7 cm³/mol. The van der Waals surface area contributed by atoms with Crippen molar-refractivity contribution in [2.45, 2.75) is 0 Å². The van der Waals surface area contributed by atoms with Crippen LogP contribution in [0.15, 0.2) is 45.9 Å². The number of nitrogens with zero attached hydrogens (tertiary/aromatic N) is 2. The van der Waals surface area contributed by atoms with Crippen molar-refractivity contribution in [1.82, 2.24) is 4.57 Å². The number of aromatic nitrogens is 1. The molecule has 0 aliphatic rings. The van der Waals surface area contributed by atoms with E-state index in [2.05, 4.69) is 20.9 Å². The third-order valence-electron chi connectivity index (χ3n) is 3.09. The van der Waals surface area contributed by atoms with Gasteiger partial charge in [0.25, 0.3) is 5.91 Å². The summed E-state index contributed by atoms with van der Waals surface area (Å²) in [7, 11) is 1.59. The van der Waals surface area contributed by atoms with Crippen LogP contribution in [0.5, 0.6) is 0 Å². The fraction of sp³-hybridized carbons (Fsp3) is 0.0667. The number of hydrogen-bond acceptors (Lipinski definition) is 2. The van der Waals surface area contributed by atoms with E-state index in [4.69, 9.17) is 0 Å². The third-order valence-corrected chi connectivity index (χ3v) is 4.66. The minimum absolute atomic E-state index is 0.229. The van der Waals surface area contributed by atoms with Crippen molar-refractivity contribution in [1.29, 1.82) is 0 Å². The molecule has 0 spiro atoms. The van der Waals surface area contributed by atoms with E-state index in [0.29, 0.717) is 15.1 Å². The van der Waals surface area contributed by atoms with Crippen LogP contribution in [0.3, 0.4) is 0 Å². The minimum atomic E-state index is -0.676. The smallest absolute Gasteiger partial charge is 0.279 e. The molecule has 0 aliphatic carbocycles. The van der Waals surface area contributed by atoms with Gasteiger partial charge in [0.1, 0.15) is 5.82 Å². The molecule has 3 aromatic rings. The van der Waals surface area contributed by atoms with Gasteiger partial charge in [-0.05, 0) is 24.3 Å². The van der Waals surface area contributed by atoms with Crippen LogP contribution in [0.2, 0.25) is 0 Å². The molecule has 2 aromatic carbocycles. The lowest BCUT2D eigenvalue weighted by atomic mass is 10.2. The zero-order valence-electron chi connectivity index (χ0n) is 11.3. The fourth-order valence-electron chi connectivity index (χ4n) is 2.08. The topological polar surface area (TPSA) is 34.4 Å². The van der Waals surface area contributed by atoms with Crippen LogP contribution < -0.4 is 4.80 Å². The molecule has 0 N–H and O–H groups in total. The van der Waals surface area contributed by atoms with Gasteiger partial charge in [-0.25, -0.2) is 8.78 Å². The summed E-state index contributed by atoms with van der Waals surface area (Å²) in [6, 6.07) is 8.87. The van der Waals surface area contributed by atoms with Gasteiger partial charge >= 0.3 is 0 Å². The zero-order chi connectivity index (χ0) is 15.9. The number of fused-ring (bicyclic) bond motifs is 1. The molecule has 0 bridgehead atoms. The van der Waals surface area contributed by atoms with Crippen LogP contribution in [-0.4, -0.2) is 10.5 Å². The van der Waals surface area contributed by atoms with E-state index in [1.807, 2.05) is 0 Å². The average molecular weight is 383 g/mol. The van der Waals surface area contributed by atoms with Crippen molar-refractivity contribution in [3.63, 3.8) is 0 Å². The fourth-order valence-corrected chi connectivity index (χ4v) is 3.53. The number of rotatable bonds is 1. The Morgan fingerprint density at radius 1 is 1.27 bits per heavy atom. The quantitative estimate of drug-likeness (QED) is 0.625. The monoisotopic (exact) mass is 382 g/mol. The first-order chi connectivity index (χ1) is 10.5. The van der Waals surface area contributed by atoms with E-state index in [-0.39, 0.29) is 5.52 Å². The predicted octanol–water partition coefficient (Wildman–Crippen LogP) is 4.02. The maximum Gasteiger partial charge on any atom is 0.279 e. The van der Waals surface area contributed by atoms with E-state index in [1.54, 1.807) is 31.3 Å². The summed E-state index contributed by atoms with van der Waals surface area (Å²) in [6.07, 6.45) is 0. The van der Waals surface area contributed by atoms with Crippen molar-refractivity contribution >= 4 is 43.4 Å². The Bertz CT molecular complexity index is 962. The van der Waals surface area contributed by atoms with Gasteiger partial charge in [0.2, 0.25) is 0 Å². The van der Waals surface area contributed by atoms with Gasteiger partial charge in [-0.3, -0.25) is 4.79 Å². The van der Waals surface area contributed by atoms with Gasteiger partial charge in [0, 0.05) is 23.2 Å². The minimum Gasteiger partial charge on any atom is -0.317 e. The van der Waals surface area contributed by atoms with Gasteiger partial charge in [-0.15, -0.1) is 0 Å². The molecule has 0 atom stereocenters. The Hall–Kier alpha value is -1.86. The first-order valence-electron chi connectivity index (χ1n) is 6.25. The summed E-state index contributed by atoms with van der Waals surface area (Å²) in [5.74, 6) is -1.77. The van der Waals surface area contributed by atoms with Crippen LogP contribution in [0.25, 0.3) is 10.2 Å². The molecule has 1 heterocycles. The molecule has 0 saturated carbocycles. The highest BCUT2D eigenvalue weighted by Gasteiger charge is 2.12. The Morgan fingerprint density at radius 2 is 2.05 bits per heavy atom. The molecule has 1 aromatic heterocycles. The van der Waals surface area contributed by atoms with Crippen LogP contribution in [0.1, 0.15) is 10.4 Å². The number of carbonyl (C=O) groups excluding carboxylic acids is 1. The van der Waals surface area contributed by atoms with Gasteiger partial charge in [-0.1, -0.05) is 33.3 Å². The summed E-state index contributed by atoms with van der Waals surface area (Å²) in [4.78, 5) is 16.5. The second kappa shape index (κ2) is 5.73. The van der Waals surface area contributed by atoms with Crippen LogP contribution in [-0.2, 0) is 7.05 Å². The van der Waals surface area contributed by atoms with Crippen molar-refractivity contribution in [2.24, 2.45) is 12.0 Å². The number of hydrogen-bond donors (Lipinski definition) is 0. The number of carbonyl (C=O) groups is 1.